The fraction of sp³-hybridized carbons (Fsp3) is 0.909. The van der Waals surface area contributed by atoms with E-state index >= 15 is 0 Å². The normalized spacial score (nSPS) is 20.5. The van der Waals surface area contributed by atoms with Crippen molar-refractivity contribution in [2.75, 3.05) is 26.7 Å². The summed E-state index contributed by atoms with van der Waals surface area (Å²) >= 11 is 0. The summed E-state index contributed by atoms with van der Waals surface area (Å²) in [6.45, 7) is 6.88. The quantitative estimate of drug-likeness (QED) is 0.700. The molecule has 0 bridgehead atoms. The van der Waals surface area contributed by atoms with Crippen LogP contribution in [0.3, 0.4) is 0 Å². The molecule has 3 N–H and O–H groups in total. The molecule has 0 aromatic heterocycles. The minimum absolute atomic E-state index is 0.282. The van der Waals surface area contributed by atoms with Crippen molar-refractivity contribution in [3.63, 3.8) is 0 Å². The van der Waals surface area contributed by atoms with Crippen molar-refractivity contribution in [2.24, 2.45) is 11.7 Å². The van der Waals surface area contributed by atoms with Crippen LogP contribution in [0.5, 0.6) is 0 Å². The Bertz CT molecular complexity index is 220. The molecule has 1 amide bonds. The van der Waals surface area contributed by atoms with E-state index in [0.717, 1.165) is 19.6 Å². The number of carbonyl (C=O) groups is 1. The molecule has 0 aliphatic carbocycles. The Morgan fingerprint density at radius 1 is 1.47 bits per heavy atom. The summed E-state index contributed by atoms with van der Waals surface area (Å²) in [5.41, 5.74) is 4.72. The van der Waals surface area contributed by atoms with Gasteiger partial charge in [-0.3, -0.25) is 4.79 Å². The first-order chi connectivity index (χ1) is 6.92. The fourth-order valence-corrected chi connectivity index (χ4v) is 1.75. The predicted octanol–water partition coefficient (Wildman–Crippen LogP) is 0.182. The van der Waals surface area contributed by atoms with Gasteiger partial charge in [-0.15, -0.1) is 0 Å². The lowest BCUT2D eigenvalue weighted by molar-refractivity contribution is -0.123. The Morgan fingerprint density at radius 2 is 2.00 bits per heavy atom. The Hall–Kier alpha value is -0.610. The molecule has 0 aromatic carbocycles. The summed E-state index contributed by atoms with van der Waals surface area (Å²) < 4.78 is 0. The number of amides is 1. The van der Waals surface area contributed by atoms with Crippen LogP contribution < -0.4 is 11.1 Å². The number of piperidine rings is 1. The summed E-state index contributed by atoms with van der Waals surface area (Å²) in [5.74, 6) is 0.398. The van der Waals surface area contributed by atoms with Gasteiger partial charge in [-0.1, -0.05) is 0 Å². The first-order valence-corrected chi connectivity index (χ1v) is 5.65. The smallest absolute Gasteiger partial charge is 0.237 e. The number of likely N-dealkylation sites (tertiary alicyclic amines) is 1. The molecule has 0 unspecified atom stereocenters. The highest BCUT2D eigenvalue weighted by atomic mass is 16.1. The van der Waals surface area contributed by atoms with Gasteiger partial charge in [0.05, 0.1) is 5.54 Å². The maximum atomic E-state index is 11.1. The van der Waals surface area contributed by atoms with Crippen molar-refractivity contribution >= 4 is 5.91 Å². The van der Waals surface area contributed by atoms with E-state index in [9.17, 15) is 4.79 Å². The Labute approximate surface area is 92.2 Å². The molecule has 0 spiro atoms. The minimum Gasteiger partial charge on any atom is -0.368 e. The van der Waals surface area contributed by atoms with Gasteiger partial charge in [0.25, 0.3) is 0 Å². The molecule has 1 aliphatic rings. The zero-order valence-corrected chi connectivity index (χ0v) is 10.0. The van der Waals surface area contributed by atoms with E-state index in [1.54, 1.807) is 0 Å². The number of hydrogen-bond acceptors (Lipinski definition) is 3. The van der Waals surface area contributed by atoms with E-state index in [2.05, 4.69) is 17.3 Å². The first-order valence-electron chi connectivity index (χ1n) is 5.65. The average Bonchev–Trinajstić information content (AvgIpc) is 2.17. The number of rotatable bonds is 4. The maximum absolute atomic E-state index is 11.1. The lowest BCUT2D eigenvalue weighted by atomic mass is 9.95. The highest BCUT2D eigenvalue weighted by Crippen LogP contribution is 2.15. The molecule has 0 aromatic rings. The molecule has 1 saturated heterocycles. The van der Waals surface area contributed by atoms with Gasteiger partial charge in [-0.25, -0.2) is 0 Å². The molecule has 1 rings (SSSR count). The van der Waals surface area contributed by atoms with E-state index in [0.29, 0.717) is 5.92 Å². The van der Waals surface area contributed by atoms with Gasteiger partial charge in [0.2, 0.25) is 5.91 Å². The molecule has 0 saturated carbocycles. The molecule has 1 heterocycles. The van der Waals surface area contributed by atoms with E-state index in [1.165, 1.54) is 12.8 Å². The largest absolute Gasteiger partial charge is 0.368 e. The van der Waals surface area contributed by atoms with Gasteiger partial charge >= 0.3 is 0 Å². The molecule has 0 atom stereocenters. The second-order valence-corrected chi connectivity index (χ2v) is 5.12. The van der Waals surface area contributed by atoms with Crippen molar-refractivity contribution in [1.29, 1.82) is 0 Å². The lowest BCUT2D eigenvalue weighted by Gasteiger charge is -2.31. The van der Waals surface area contributed by atoms with Crippen LogP contribution in [-0.2, 0) is 4.79 Å². The Balaban J connectivity index is 2.28. The van der Waals surface area contributed by atoms with Gasteiger partial charge in [0, 0.05) is 0 Å². The first kappa shape index (κ1) is 12.5. The SMILES string of the molecule is CN1CCC(CNC(C)(C)C(N)=O)CC1. The van der Waals surface area contributed by atoms with Crippen molar-refractivity contribution in [1.82, 2.24) is 10.2 Å². The lowest BCUT2D eigenvalue weighted by Crippen LogP contribution is -2.52. The molecular weight excluding hydrogens is 190 g/mol. The number of nitrogens with two attached hydrogens (primary N) is 1. The minimum atomic E-state index is -0.580. The van der Waals surface area contributed by atoms with Gasteiger partial charge in [0.1, 0.15) is 0 Å². The van der Waals surface area contributed by atoms with Crippen LogP contribution in [0.4, 0.5) is 0 Å². The molecule has 1 aliphatic heterocycles. The van der Waals surface area contributed by atoms with Crippen LogP contribution in [0.25, 0.3) is 0 Å². The third-order valence-corrected chi connectivity index (χ3v) is 3.29. The summed E-state index contributed by atoms with van der Waals surface area (Å²) in [4.78, 5) is 13.4. The second kappa shape index (κ2) is 4.94. The Kier molecular flexibility index (Phi) is 4.11. The standard InChI is InChI=1S/C11H23N3O/c1-11(2,10(12)15)13-8-9-4-6-14(3)7-5-9/h9,13H,4-8H2,1-3H3,(H2,12,15). The molecule has 0 radical (unpaired) electrons. The van der Waals surface area contributed by atoms with E-state index < -0.39 is 5.54 Å². The Morgan fingerprint density at radius 3 is 2.47 bits per heavy atom. The highest BCUT2D eigenvalue weighted by molar-refractivity contribution is 5.83. The number of carbonyl (C=O) groups excluding carboxylic acids is 1. The zero-order valence-electron chi connectivity index (χ0n) is 10.0. The highest BCUT2D eigenvalue weighted by Gasteiger charge is 2.26. The second-order valence-electron chi connectivity index (χ2n) is 5.12. The van der Waals surface area contributed by atoms with Crippen LogP contribution in [0.15, 0.2) is 0 Å². The van der Waals surface area contributed by atoms with Crippen LogP contribution in [0.1, 0.15) is 26.7 Å². The van der Waals surface area contributed by atoms with Crippen LogP contribution in [0.2, 0.25) is 0 Å². The molecule has 88 valence electrons. The monoisotopic (exact) mass is 213 g/mol. The van der Waals surface area contributed by atoms with Crippen molar-refractivity contribution < 1.29 is 4.79 Å². The molecule has 1 fully saturated rings. The van der Waals surface area contributed by atoms with E-state index in [-0.39, 0.29) is 5.91 Å². The summed E-state index contributed by atoms with van der Waals surface area (Å²) in [6.07, 6.45) is 2.41. The van der Waals surface area contributed by atoms with Gasteiger partial charge in [-0.2, -0.15) is 0 Å². The van der Waals surface area contributed by atoms with E-state index in [1.807, 2.05) is 13.8 Å². The number of nitrogens with one attached hydrogen (secondary N) is 1. The fourth-order valence-electron chi connectivity index (χ4n) is 1.75. The predicted molar refractivity (Wildman–Crippen MR) is 61.5 cm³/mol. The van der Waals surface area contributed by atoms with Crippen LogP contribution >= 0.6 is 0 Å². The van der Waals surface area contributed by atoms with Crippen molar-refractivity contribution in [3.8, 4) is 0 Å². The summed E-state index contributed by atoms with van der Waals surface area (Å²) in [7, 11) is 2.15. The van der Waals surface area contributed by atoms with Gasteiger partial charge in [-0.05, 0) is 59.3 Å². The molecule has 4 heteroatoms. The summed E-state index contributed by atoms with van der Waals surface area (Å²) in [6, 6.07) is 0. The molecular formula is C11H23N3O. The molecule has 4 nitrogen and oxygen atoms in total. The average molecular weight is 213 g/mol. The summed E-state index contributed by atoms with van der Waals surface area (Å²) in [5, 5.41) is 3.25. The number of nitrogens with zero attached hydrogens (tertiary/aromatic N) is 1. The number of primary amides is 1. The van der Waals surface area contributed by atoms with Crippen LogP contribution in [-0.4, -0.2) is 43.0 Å². The topological polar surface area (TPSA) is 58.4 Å². The maximum Gasteiger partial charge on any atom is 0.237 e. The number of hydrogen-bond donors (Lipinski definition) is 2. The van der Waals surface area contributed by atoms with Crippen LogP contribution in [0, 0.1) is 5.92 Å². The third-order valence-electron chi connectivity index (χ3n) is 3.29. The van der Waals surface area contributed by atoms with Gasteiger partial charge < -0.3 is 16.0 Å². The third kappa shape index (κ3) is 3.80. The zero-order chi connectivity index (χ0) is 11.5. The van der Waals surface area contributed by atoms with Gasteiger partial charge in [0.15, 0.2) is 0 Å². The molecule has 15 heavy (non-hydrogen) atoms. The van der Waals surface area contributed by atoms with Crippen molar-refractivity contribution in [2.45, 2.75) is 32.2 Å². The van der Waals surface area contributed by atoms with E-state index in [4.69, 9.17) is 5.73 Å². The van der Waals surface area contributed by atoms with Crippen molar-refractivity contribution in [3.05, 3.63) is 0 Å².